The molecule has 1 aliphatic heterocycles. The van der Waals surface area contributed by atoms with Crippen LogP contribution in [0.1, 0.15) is 44.9 Å². The molecule has 4 saturated carbocycles. The van der Waals surface area contributed by atoms with Gasteiger partial charge in [0.25, 0.3) is 0 Å². The summed E-state index contributed by atoms with van der Waals surface area (Å²) in [6, 6.07) is 0. The molecule has 20 heavy (non-hydrogen) atoms. The molecule has 1 amide bonds. The van der Waals surface area contributed by atoms with Crippen LogP contribution in [0.15, 0.2) is 0 Å². The van der Waals surface area contributed by atoms with Crippen LogP contribution in [-0.4, -0.2) is 36.0 Å². The second-order valence-electron chi connectivity index (χ2n) is 7.57. The van der Waals surface area contributed by atoms with Crippen LogP contribution in [0.5, 0.6) is 0 Å². The Kier molecular flexibility index (Phi) is 2.67. The molecule has 0 aromatic carbocycles. The minimum absolute atomic E-state index is 0.0919. The molecule has 0 aromatic rings. The van der Waals surface area contributed by atoms with E-state index in [0.717, 1.165) is 17.8 Å². The van der Waals surface area contributed by atoms with Gasteiger partial charge in [0, 0.05) is 18.5 Å². The molecule has 4 bridgehead atoms. The summed E-state index contributed by atoms with van der Waals surface area (Å²) in [7, 11) is 1.42. The summed E-state index contributed by atoms with van der Waals surface area (Å²) in [5, 5.41) is 0. The van der Waals surface area contributed by atoms with Gasteiger partial charge in [-0.1, -0.05) is 0 Å². The van der Waals surface area contributed by atoms with Crippen LogP contribution in [0.2, 0.25) is 0 Å². The second-order valence-corrected chi connectivity index (χ2v) is 7.57. The van der Waals surface area contributed by atoms with Gasteiger partial charge < -0.3 is 9.64 Å². The number of carbonyl (C=O) groups is 2. The summed E-state index contributed by atoms with van der Waals surface area (Å²) in [5.74, 6) is 2.21. The van der Waals surface area contributed by atoms with E-state index in [4.69, 9.17) is 4.74 Å². The Morgan fingerprint density at radius 1 is 1.15 bits per heavy atom. The van der Waals surface area contributed by atoms with Crippen molar-refractivity contribution in [1.29, 1.82) is 0 Å². The van der Waals surface area contributed by atoms with E-state index < -0.39 is 0 Å². The molecular weight excluding hydrogens is 254 g/mol. The fraction of sp³-hybridized carbons (Fsp3) is 0.875. The number of hydrogen-bond acceptors (Lipinski definition) is 3. The fourth-order valence-electron chi connectivity index (χ4n) is 5.89. The number of amides is 1. The maximum atomic E-state index is 12.4. The maximum absolute atomic E-state index is 12.4. The van der Waals surface area contributed by atoms with E-state index in [1.54, 1.807) is 0 Å². The average molecular weight is 277 g/mol. The lowest BCUT2D eigenvalue weighted by Gasteiger charge is -2.59. The van der Waals surface area contributed by atoms with Crippen molar-refractivity contribution in [3.05, 3.63) is 0 Å². The molecule has 4 heteroatoms. The van der Waals surface area contributed by atoms with Crippen LogP contribution in [0, 0.1) is 23.7 Å². The van der Waals surface area contributed by atoms with Crippen LogP contribution in [-0.2, 0) is 14.3 Å². The van der Waals surface area contributed by atoms with E-state index in [1.165, 1.54) is 45.6 Å². The number of methoxy groups -OCH3 is 1. The van der Waals surface area contributed by atoms with Gasteiger partial charge in [-0.25, -0.2) is 0 Å². The first-order chi connectivity index (χ1) is 9.59. The van der Waals surface area contributed by atoms with E-state index in [2.05, 4.69) is 4.90 Å². The van der Waals surface area contributed by atoms with Gasteiger partial charge in [-0.2, -0.15) is 0 Å². The predicted molar refractivity (Wildman–Crippen MR) is 72.7 cm³/mol. The first kappa shape index (κ1) is 12.7. The Morgan fingerprint density at radius 3 is 2.20 bits per heavy atom. The van der Waals surface area contributed by atoms with Crippen LogP contribution < -0.4 is 0 Å². The fourth-order valence-corrected chi connectivity index (χ4v) is 5.89. The predicted octanol–water partition coefficient (Wildman–Crippen LogP) is 1.98. The monoisotopic (exact) mass is 277 g/mol. The lowest BCUT2D eigenvalue weighted by atomic mass is 9.52. The molecule has 1 saturated heterocycles. The average Bonchev–Trinajstić information content (AvgIpc) is 2.79. The standard InChI is InChI=1S/C16H23NO3/c1-20-15(19)13-5-14(18)17(9-13)16-6-10-2-11(7-16)4-12(3-10)8-16/h10-13H,2-9H2,1H3. The Balaban J connectivity index is 1.58. The molecule has 1 heterocycles. The molecule has 0 N–H and O–H groups in total. The van der Waals surface area contributed by atoms with Gasteiger partial charge in [0.2, 0.25) is 5.91 Å². The number of nitrogens with zero attached hydrogens (tertiary/aromatic N) is 1. The molecule has 5 rings (SSSR count). The van der Waals surface area contributed by atoms with Crippen molar-refractivity contribution in [2.24, 2.45) is 23.7 Å². The number of hydrogen-bond donors (Lipinski definition) is 0. The first-order valence-corrected chi connectivity index (χ1v) is 7.98. The molecule has 1 atom stereocenters. The molecule has 110 valence electrons. The molecule has 0 aromatic heterocycles. The third-order valence-corrected chi connectivity index (χ3v) is 6.24. The zero-order chi connectivity index (χ0) is 13.9. The molecule has 5 aliphatic rings. The molecular formula is C16H23NO3. The summed E-state index contributed by atoms with van der Waals surface area (Å²) in [4.78, 5) is 26.3. The normalized spacial score (nSPS) is 46.0. The highest BCUT2D eigenvalue weighted by Gasteiger charge is 2.56. The lowest BCUT2D eigenvalue weighted by Crippen LogP contribution is -2.60. The van der Waals surface area contributed by atoms with Crippen molar-refractivity contribution < 1.29 is 14.3 Å². The van der Waals surface area contributed by atoms with Gasteiger partial charge in [-0.3, -0.25) is 9.59 Å². The highest BCUT2D eigenvalue weighted by Crippen LogP contribution is 2.58. The Hall–Kier alpha value is -1.06. The van der Waals surface area contributed by atoms with Gasteiger partial charge in [-0.15, -0.1) is 0 Å². The van der Waals surface area contributed by atoms with Gasteiger partial charge in [0.15, 0.2) is 0 Å². The Labute approximate surface area is 119 Å². The van der Waals surface area contributed by atoms with Gasteiger partial charge in [0.05, 0.1) is 13.0 Å². The van der Waals surface area contributed by atoms with Crippen LogP contribution in [0.3, 0.4) is 0 Å². The zero-order valence-corrected chi connectivity index (χ0v) is 12.1. The van der Waals surface area contributed by atoms with E-state index in [-0.39, 0.29) is 23.3 Å². The third kappa shape index (κ3) is 1.73. The quantitative estimate of drug-likeness (QED) is 0.725. The minimum atomic E-state index is -0.236. The lowest BCUT2D eigenvalue weighted by molar-refractivity contribution is -0.146. The molecule has 1 unspecified atom stereocenters. The summed E-state index contributed by atoms with van der Waals surface area (Å²) in [6.07, 6.45) is 8.02. The van der Waals surface area contributed by atoms with Crippen LogP contribution in [0.4, 0.5) is 0 Å². The van der Waals surface area contributed by atoms with E-state index in [0.29, 0.717) is 13.0 Å². The number of likely N-dealkylation sites (tertiary alicyclic amines) is 1. The van der Waals surface area contributed by atoms with Crippen molar-refractivity contribution >= 4 is 11.9 Å². The largest absolute Gasteiger partial charge is 0.469 e. The number of carbonyl (C=O) groups excluding carboxylic acids is 2. The maximum Gasteiger partial charge on any atom is 0.310 e. The van der Waals surface area contributed by atoms with Gasteiger partial charge in [0.1, 0.15) is 0 Å². The molecule has 0 spiro atoms. The topological polar surface area (TPSA) is 46.6 Å². The summed E-state index contributed by atoms with van der Waals surface area (Å²) in [6.45, 7) is 0.595. The summed E-state index contributed by atoms with van der Waals surface area (Å²) >= 11 is 0. The smallest absolute Gasteiger partial charge is 0.310 e. The summed E-state index contributed by atoms with van der Waals surface area (Å²) < 4.78 is 4.83. The summed E-state index contributed by atoms with van der Waals surface area (Å²) in [5.41, 5.74) is 0.0919. The zero-order valence-electron chi connectivity index (χ0n) is 12.1. The first-order valence-electron chi connectivity index (χ1n) is 7.98. The Bertz CT molecular complexity index is 423. The van der Waals surface area contributed by atoms with Gasteiger partial charge >= 0.3 is 5.97 Å². The van der Waals surface area contributed by atoms with Crippen LogP contribution >= 0.6 is 0 Å². The highest BCUT2D eigenvalue weighted by atomic mass is 16.5. The number of ether oxygens (including phenoxy) is 1. The Morgan fingerprint density at radius 2 is 1.70 bits per heavy atom. The van der Waals surface area contributed by atoms with E-state index >= 15 is 0 Å². The minimum Gasteiger partial charge on any atom is -0.469 e. The second kappa shape index (κ2) is 4.22. The SMILES string of the molecule is COC(=O)C1CC(=O)N(C23CC4CC(CC(C4)C2)C3)C1. The molecule has 4 aliphatic carbocycles. The van der Waals surface area contributed by atoms with Crippen molar-refractivity contribution in [1.82, 2.24) is 4.90 Å². The molecule has 0 radical (unpaired) electrons. The molecule has 5 fully saturated rings. The van der Waals surface area contributed by atoms with Crippen molar-refractivity contribution in [2.75, 3.05) is 13.7 Å². The van der Waals surface area contributed by atoms with E-state index in [9.17, 15) is 9.59 Å². The van der Waals surface area contributed by atoms with Gasteiger partial charge in [-0.05, 0) is 56.3 Å². The van der Waals surface area contributed by atoms with Crippen LogP contribution in [0.25, 0.3) is 0 Å². The van der Waals surface area contributed by atoms with E-state index in [1.807, 2.05) is 0 Å². The highest BCUT2D eigenvalue weighted by molar-refractivity contribution is 5.87. The van der Waals surface area contributed by atoms with Crippen molar-refractivity contribution in [3.8, 4) is 0 Å². The van der Waals surface area contributed by atoms with Crippen molar-refractivity contribution in [3.63, 3.8) is 0 Å². The van der Waals surface area contributed by atoms with Crippen molar-refractivity contribution in [2.45, 2.75) is 50.5 Å². The number of rotatable bonds is 2. The molecule has 4 nitrogen and oxygen atoms in total. The number of esters is 1. The third-order valence-electron chi connectivity index (χ3n) is 6.24.